The van der Waals surface area contributed by atoms with Crippen molar-refractivity contribution in [3.63, 3.8) is 0 Å². The quantitative estimate of drug-likeness (QED) is 0.189. The molecule has 0 bridgehead atoms. The first-order valence-corrected chi connectivity index (χ1v) is 6.45. The molecular weight excluding hydrogens is 248 g/mol. The zero-order valence-electron chi connectivity index (χ0n) is 12.5. The summed E-state index contributed by atoms with van der Waals surface area (Å²) < 4.78 is 15.3. The zero-order chi connectivity index (χ0) is 14.5. The maximum Gasteiger partial charge on any atom is 0.208 e. The smallest absolute Gasteiger partial charge is 0.208 e. The van der Waals surface area contributed by atoms with Gasteiger partial charge in [-0.1, -0.05) is 0 Å². The maximum atomic E-state index is 5.56. The summed E-state index contributed by atoms with van der Waals surface area (Å²) in [5.74, 6) is 6.21. The fraction of sp³-hybridized carbons (Fsp3) is 0.917. The lowest BCUT2D eigenvalue weighted by Crippen LogP contribution is -2.51. The Kier molecular flexibility index (Phi) is 11.6. The van der Waals surface area contributed by atoms with E-state index < -0.39 is 0 Å². The summed E-state index contributed by atoms with van der Waals surface area (Å²) >= 11 is 0. The van der Waals surface area contributed by atoms with Crippen molar-refractivity contribution in [1.82, 2.24) is 10.3 Å². The van der Waals surface area contributed by atoms with Crippen LogP contribution in [0.4, 0.5) is 0 Å². The first-order valence-electron chi connectivity index (χ1n) is 6.45. The van der Waals surface area contributed by atoms with E-state index in [9.17, 15) is 0 Å². The van der Waals surface area contributed by atoms with Crippen LogP contribution in [0.2, 0.25) is 0 Å². The standard InChI is InChI=1S/C12H28N4O3/c1-11(10-19-4)16(7-9-18-3)12(15-13)14-6-5-8-17-2/h11H,5-10,13H2,1-4H3,(H,14,15). The number of nitrogens with zero attached hydrogens (tertiary/aromatic N) is 2. The van der Waals surface area contributed by atoms with E-state index in [1.54, 1.807) is 21.3 Å². The van der Waals surface area contributed by atoms with Crippen LogP contribution >= 0.6 is 0 Å². The molecule has 0 radical (unpaired) electrons. The van der Waals surface area contributed by atoms with Crippen LogP contribution in [0.25, 0.3) is 0 Å². The predicted octanol–water partition coefficient (Wildman–Crippen LogP) is -0.174. The summed E-state index contributed by atoms with van der Waals surface area (Å²) in [6.45, 7) is 5.31. The van der Waals surface area contributed by atoms with Gasteiger partial charge in [0.15, 0.2) is 0 Å². The van der Waals surface area contributed by atoms with Gasteiger partial charge in [0, 0.05) is 41.0 Å². The summed E-state index contributed by atoms with van der Waals surface area (Å²) in [7, 11) is 5.03. The van der Waals surface area contributed by atoms with Crippen LogP contribution in [0, 0.1) is 0 Å². The Morgan fingerprint density at radius 2 is 1.89 bits per heavy atom. The number of hydrogen-bond acceptors (Lipinski definition) is 5. The Bertz CT molecular complexity index is 239. The van der Waals surface area contributed by atoms with Gasteiger partial charge in [-0.05, 0) is 13.3 Å². The molecule has 0 saturated carbocycles. The lowest BCUT2D eigenvalue weighted by molar-refractivity contribution is 0.111. The molecule has 0 amide bonds. The molecule has 0 fully saturated rings. The highest BCUT2D eigenvalue weighted by atomic mass is 16.5. The van der Waals surface area contributed by atoms with Crippen LogP contribution in [0.3, 0.4) is 0 Å². The number of ether oxygens (including phenoxy) is 3. The molecule has 0 aromatic rings. The Morgan fingerprint density at radius 3 is 2.42 bits per heavy atom. The minimum absolute atomic E-state index is 0.164. The normalized spacial score (nSPS) is 13.4. The van der Waals surface area contributed by atoms with Crippen molar-refractivity contribution in [3.8, 4) is 0 Å². The summed E-state index contributed by atoms with van der Waals surface area (Å²) in [4.78, 5) is 6.49. The number of hydrazine groups is 1. The van der Waals surface area contributed by atoms with E-state index in [-0.39, 0.29) is 6.04 Å². The Hall–Kier alpha value is -0.890. The van der Waals surface area contributed by atoms with Gasteiger partial charge in [-0.3, -0.25) is 10.4 Å². The Morgan fingerprint density at radius 1 is 1.21 bits per heavy atom. The molecule has 114 valence electrons. The van der Waals surface area contributed by atoms with Gasteiger partial charge in [-0.2, -0.15) is 0 Å². The van der Waals surface area contributed by atoms with Gasteiger partial charge in [0.2, 0.25) is 5.96 Å². The topological polar surface area (TPSA) is 81.3 Å². The van der Waals surface area contributed by atoms with Crippen molar-refractivity contribution in [2.45, 2.75) is 19.4 Å². The van der Waals surface area contributed by atoms with Crippen molar-refractivity contribution < 1.29 is 14.2 Å². The van der Waals surface area contributed by atoms with Crippen molar-refractivity contribution in [2.75, 3.05) is 54.2 Å². The third-order valence-corrected chi connectivity index (χ3v) is 2.65. The van der Waals surface area contributed by atoms with Gasteiger partial charge in [-0.15, -0.1) is 0 Å². The summed E-state index contributed by atoms with van der Waals surface area (Å²) in [5, 5.41) is 0. The highest BCUT2D eigenvalue weighted by Gasteiger charge is 2.17. The van der Waals surface area contributed by atoms with E-state index in [2.05, 4.69) is 17.3 Å². The summed E-state index contributed by atoms with van der Waals surface area (Å²) in [6, 6.07) is 0.164. The molecule has 1 unspecified atom stereocenters. The molecular formula is C12H28N4O3. The number of rotatable bonds is 10. The van der Waals surface area contributed by atoms with Gasteiger partial charge >= 0.3 is 0 Å². The van der Waals surface area contributed by atoms with Crippen LogP contribution < -0.4 is 11.3 Å². The van der Waals surface area contributed by atoms with E-state index in [1.807, 2.05) is 4.90 Å². The predicted molar refractivity (Wildman–Crippen MR) is 76.0 cm³/mol. The lowest BCUT2D eigenvalue weighted by Gasteiger charge is -2.31. The fourth-order valence-corrected chi connectivity index (χ4v) is 1.67. The molecule has 1 atom stereocenters. The highest BCUT2D eigenvalue weighted by Crippen LogP contribution is 2.01. The molecule has 7 nitrogen and oxygen atoms in total. The minimum atomic E-state index is 0.164. The van der Waals surface area contributed by atoms with Crippen molar-refractivity contribution in [1.29, 1.82) is 0 Å². The van der Waals surface area contributed by atoms with Crippen LogP contribution in [-0.2, 0) is 14.2 Å². The van der Waals surface area contributed by atoms with Gasteiger partial charge in [-0.25, -0.2) is 5.84 Å². The number of hydrogen-bond donors (Lipinski definition) is 2. The highest BCUT2D eigenvalue weighted by molar-refractivity contribution is 5.79. The second-order valence-electron chi connectivity index (χ2n) is 4.19. The van der Waals surface area contributed by atoms with E-state index in [1.165, 1.54) is 0 Å². The van der Waals surface area contributed by atoms with Crippen LogP contribution in [-0.4, -0.2) is 71.1 Å². The lowest BCUT2D eigenvalue weighted by atomic mass is 10.3. The maximum absolute atomic E-state index is 5.56. The average molecular weight is 276 g/mol. The first kappa shape index (κ1) is 18.1. The van der Waals surface area contributed by atoms with Gasteiger partial charge < -0.3 is 19.1 Å². The molecule has 0 aromatic carbocycles. The zero-order valence-corrected chi connectivity index (χ0v) is 12.5. The monoisotopic (exact) mass is 276 g/mol. The minimum Gasteiger partial charge on any atom is -0.385 e. The molecule has 19 heavy (non-hydrogen) atoms. The molecule has 7 heteroatoms. The third kappa shape index (κ3) is 7.99. The second-order valence-corrected chi connectivity index (χ2v) is 4.19. The molecule has 0 aromatic heterocycles. The van der Waals surface area contributed by atoms with Gasteiger partial charge in [0.1, 0.15) is 0 Å². The second kappa shape index (κ2) is 12.2. The molecule has 0 aliphatic carbocycles. The van der Waals surface area contributed by atoms with Crippen LogP contribution in [0.5, 0.6) is 0 Å². The number of nitrogens with two attached hydrogens (primary N) is 1. The molecule has 0 rings (SSSR count). The average Bonchev–Trinajstić information content (AvgIpc) is 2.41. The Labute approximate surface area is 116 Å². The third-order valence-electron chi connectivity index (χ3n) is 2.65. The molecule has 0 aliphatic heterocycles. The number of nitrogens with one attached hydrogen (secondary N) is 1. The molecule has 0 spiro atoms. The van der Waals surface area contributed by atoms with Gasteiger partial charge in [0.25, 0.3) is 0 Å². The molecule has 0 heterocycles. The van der Waals surface area contributed by atoms with Crippen LogP contribution in [0.1, 0.15) is 13.3 Å². The van der Waals surface area contributed by atoms with E-state index in [0.29, 0.717) is 38.9 Å². The van der Waals surface area contributed by atoms with E-state index in [4.69, 9.17) is 20.1 Å². The molecule has 0 aliphatic rings. The molecule has 0 saturated heterocycles. The van der Waals surface area contributed by atoms with Crippen molar-refractivity contribution in [2.24, 2.45) is 10.8 Å². The Balaban J connectivity index is 4.55. The van der Waals surface area contributed by atoms with E-state index >= 15 is 0 Å². The van der Waals surface area contributed by atoms with Crippen LogP contribution in [0.15, 0.2) is 4.99 Å². The summed E-state index contributed by atoms with van der Waals surface area (Å²) in [6.07, 6.45) is 0.860. The molecule has 3 N–H and O–H groups in total. The number of methoxy groups -OCH3 is 3. The van der Waals surface area contributed by atoms with E-state index in [0.717, 1.165) is 6.42 Å². The first-order chi connectivity index (χ1) is 9.21. The fourth-order valence-electron chi connectivity index (χ4n) is 1.67. The SMILES string of the molecule is COCCCN=C(NN)N(CCOC)C(C)COC. The summed E-state index contributed by atoms with van der Waals surface area (Å²) in [5.41, 5.74) is 2.65. The van der Waals surface area contributed by atoms with Crippen molar-refractivity contribution >= 4 is 5.96 Å². The van der Waals surface area contributed by atoms with Crippen molar-refractivity contribution in [3.05, 3.63) is 0 Å². The van der Waals surface area contributed by atoms with Gasteiger partial charge in [0.05, 0.1) is 19.3 Å². The number of guanidine groups is 1. The number of aliphatic imine (C=N–C) groups is 1. The largest absolute Gasteiger partial charge is 0.385 e.